The summed E-state index contributed by atoms with van der Waals surface area (Å²) in [6.07, 6.45) is 1.52. The molecule has 0 spiro atoms. The summed E-state index contributed by atoms with van der Waals surface area (Å²) in [7, 11) is -3.66. The fourth-order valence-electron chi connectivity index (χ4n) is 4.06. The molecule has 0 bridgehead atoms. The van der Waals surface area contributed by atoms with Gasteiger partial charge in [0.25, 0.3) is 0 Å². The molecular formula is C21H23F2N3O3S. The number of carbonyl (C=O) groups is 1. The van der Waals surface area contributed by atoms with Crippen molar-refractivity contribution in [1.82, 2.24) is 15.8 Å². The fraction of sp³-hybridized carbons (Fsp3) is 0.381. The third-order valence-corrected chi connectivity index (χ3v) is 7.94. The van der Waals surface area contributed by atoms with Crippen LogP contribution in [0.25, 0.3) is 0 Å². The van der Waals surface area contributed by atoms with Gasteiger partial charge >= 0.3 is 0 Å². The number of carbonyl (C=O) groups excluding carboxylic acids is 1. The van der Waals surface area contributed by atoms with E-state index in [4.69, 9.17) is 0 Å². The predicted octanol–water partition coefficient (Wildman–Crippen LogP) is 2.34. The van der Waals surface area contributed by atoms with E-state index >= 15 is 0 Å². The second-order valence-electron chi connectivity index (χ2n) is 7.73. The number of hydrazine groups is 1. The number of hydrogen-bond donors (Lipinski definition) is 2. The van der Waals surface area contributed by atoms with Crippen LogP contribution in [-0.4, -0.2) is 43.6 Å². The molecule has 9 heteroatoms. The molecule has 2 aromatic rings. The third kappa shape index (κ3) is 4.23. The molecule has 160 valence electrons. The van der Waals surface area contributed by atoms with Crippen molar-refractivity contribution in [2.45, 2.75) is 41.5 Å². The number of rotatable bonds is 4. The van der Waals surface area contributed by atoms with Crippen molar-refractivity contribution in [1.29, 1.82) is 0 Å². The number of nitrogens with one attached hydrogen (secondary N) is 2. The normalized spacial score (nSPS) is 24.7. The summed E-state index contributed by atoms with van der Waals surface area (Å²) < 4.78 is 52.2. The zero-order valence-electron chi connectivity index (χ0n) is 16.2. The number of halogens is 2. The number of sulfone groups is 1. The molecule has 2 N–H and O–H groups in total. The average molecular weight is 435 g/mol. The minimum Gasteiger partial charge on any atom is -0.340 e. The van der Waals surface area contributed by atoms with E-state index in [-0.39, 0.29) is 29.2 Å². The molecule has 2 fully saturated rings. The maximum Gasteiger partial charge on any atom is 0.241 e. The molecule has 4 rings (SSSR count). The van der Waals surface area contributed by atoms with Crippen LogP contribution < -0.4 is 10.9 Å². The van der Waals surface area contributed by atoms with Gasteiger partial charge < -0.3 is 4.90 Å². The van der Waals surface area contributed by atoms with Crippen LogP contribution in [0.2, 0.25) is 0 Å². The van der Waals surface area contributed by atoms with Crippen molar-refractivity contribution < 1.29 is 22.0 Å². The molecule has 0 saturated carbocycles. The maximum absolute atomic E-state index is 13.2. The van der Waals surface area contributed by atoms with Crippen LogP contribution in [0.15, 0.2) is 53.4 Å². The lowest BCUT2D eigenvalue weighted by Gasteiger charge is -2.34. The Hall–Kier alpha value is -2.36. The maximum atomic E-state index is 13.2. The Morgan fingerprint density at radius 2 is 1.60 bits per heavy atom. The average Bonchev–Trinajstić information content (AvgIpc) is 3.24. The van der Waals surface area contributed by atoms with E-state index < -0.39 is 26.9 Å². The summed E-state index contributed by atoms with van der Waals surface area (Å²) in [5, 5.41) is -0.720. The summed E-state index contributed by atoms with van der Waals surface area (Å²) in [4.78, 5) is 14.7. The molecule has 6 nitrogen and oxygen atoms in total. The molecule has 3 unspecified atom stereocenters. The zero-order valence-corrected chi connectivity index (χ0v) is 17.0. The molecule has 2 saturated heterocycles. The van der Waals surface area contributed by atoms with Gasteiger partial charge in [0.1, 0.15) is 17.7 Å². The van der Waals surface area contributed by atoms with Crippen molar-refractivity contribution in [2.75, 3.05) is 13.1 Å². The summed E-state index contributed by atoms with van der Waals surface area (Å²) >= 11 is 0. The molecule has 3 atom stereocenters. The van der Waals surface area contributed by atoms with Gasteiger partial charge in [-0.2, -0.15) is 0 Å². The summed E-state index contributed by atoms with van der Waals surface area (Å²) in [6.45, 7) is 0.603. The van der Waals surface area contributed by atoms with Crippen molar-refractivity contribution in [3.63, 3.8) is 0 Å². The molecule has 2 aromatic carbocycles. The lowest BCUT2D eigenvalue weighted by molar-refractivity contribution is -0.134. The Morgan fingerprint density at radius 1 is 0.967 bits per heavy atom. The molecule has 0 aliphatic carbocycles. The third-order valence-electron chi connectivity index (χ3n) is 5.74. The highest BCUT2D eigenvalue weighted by Gasteiger charge is 2.38. The highest BCUT2D eigenvalue weighted by atomic mass is 32.2. The number of benzene rings is 2. The van der Waals surface area contributed by atoms with Gasteiger partial charge in [-0.15, -0.1) is 0 Å². The van der Waals surface area contributed by atoms with Crippen molar-refractivity contribution in [2.24, 2.45) is 0 Å². The van der Waals surface area contributed by atoms with Crippen LogP contribution in [0, 0.1) is 11.6 Å². The van der Waals surface area contributed by atoms with Gasteiger partial charge in [-0.25, -0.2) is 28.1 Å². The Balaban J connectivity index is 1.42. The van der Waals surface area contributed by atoms with Crippen LogP contribution in [0.5, 0.6) is 0 Å². The smallest absolute Gasteiger partial charge is 0.241 e. The minimum atomic E-state index is -3.66. The Labute approximate surface area is 174 Å². The van der Waals surface area contributed by atoms with E-state index in [1.54, 1.807) is 17.0 Å². The predicted molar refractivity (Wildman–Crippen MR) is 107 cm³/mol. The number of piperidine rings is 1. The van der Waals surface area contributed by atoms with Crippen molar-refractivity contribution >= 4 is 15.7 Å². The summed E-state index contributed by atoms with van der Waals surface area (Å²) in [5.41, 5.74) is 6.91. The summed E-state index contributed by atoms with van der Waals surface area (Å²) in [6, 6.07) is 10.3. The van der Waals surface area contributed by atoms with Gasteiger partial charge in [0, 0.05) is 19.1 Å². The van der Waals surface area contributed by atoms with Gasteiger partial charge in [-0.1, -0.05) is 12.1 Å². The highest BCUT2D eigenvalue weighted by molar-refractivity contribution is 7.92. The highest BCUT2D eigenvalue weighted by Crippen LogP contribution is 2.27. The lowest BCUT2D eigenvalue weighted by Crippen LogP contribution is -2.51. The molecule has 0 radical (unpaired) electrons. The number of likely N-dealkylation sites (tertiary alicyclic amines) is 1. The largest absolute Gasteiger partial charge is 0.340 e. The molecule has 0 aromatic heterocycles. The first-order valence-electron chi connectivity index (χ1n) is 9.89. The first kappa shape index (κ1) is 20.9. The molecule has 1 amide bonds. The molecule has 2 aliphatic rings. The van der Waals surface area contributed by atoms with E-state index in [1.165, 1.54) is 24.3 Å². The first-order chi connectivity index (χ1) is 14.3. The van der Waals surface area contributed by atoms with E-state index in [2.05, 4.69) is 10.9 Å². The van der Waals surface area contributed by atoms with E-state index in [1.807, 2.05) is 0 Å². The molecule has 30 heavy (non-hydrogen) atoms. The van der Waals surface area contributed by atoms with Gasteiger partial charge in [0.05, 0.1) is 10.1 Å². The number of amides is 1. The second-order valence-corrected chi connectivity index (χ2v) is 9.96. The minimum absolute atomic E-state index is 0.0697. The Kier molecular flexibility index (Phi) is 5.86. The topological polar surface area (TPSA) is 78.5 Å². The van der Waals surface area contributed by atoms with Crippen LogP contribution >= 0.6 is 0 Å². The quantitative estimate of drug-likeness (QED) is 0.721. The van der Waals surface area contributed by atoms with Crippen molar-refractivity contribution in [3.05, 3.63) is 65.7 Å². The van der Waals surface area contributed by atoms with Gasteiger partial charge in [0.2, 0.25) is 5.91 Å². The molecule has 2 aliphatic heterocycles. The van der Waals surface area contributed by atoms with E-state index in [0.717, 1.165) is 17.7 Å². The summed E-state index contributed by atoms with van der Waals surface area (Å²) in [5.74, 6) is -0.977. The lowest BCUT2D eigenvalue weighted by atomic mass is 10.0. The number of nitrogens with zero attached hydrogens (tertiary/aromatic N) is 1. The SMILES string of the molecule is O=C(C1CC(c2ccc(F)cc2)NN1)N1CCCC(S(=O)(=O)c2ccc(F)cc2)C1. The van der Waals surface area contributed by atoms with Crippen LogP contribution in [-0.2, 0) is 14.6 Å². The Bertz CT molecular complexity index is 1010. The van der Waals surface area contributed by atoms with E-state index in [0.29, 0.717) is 25.8 Å². The first-order valence-corrected chi connectivity index (χ1v) is 11.4. The van der Waals surface area contributed by atoms with Crippen LogP contribution in [0.4, 0.5) is 8.78 Å². The van der Waals surface area contributed by atoms with Crippen LogP contribution in [0.1, 0.15) is 30.9 Å². The van der Waals surface area contributed by atoms with E-state index in [9.17, 15) is 22.0 Å². The number of hydrogen-bond acceptors (Lipinski definition) is 5. The van der Waals surface area contributed by atoms with Gasteiger partial charge in [-0.05, 0) is 61.2 Å². The standard InChI is InChI=1S/C21H23F2N3O3S/c22-15-5-3-14(4-6-15)19-12-20(25-24-19)21(27)26-11-1-2-18(13-26)30(28,29)17-9-7-16(23)8-10-17/h3-10,18-20,24-25H,1-2,11-13H2. The molecular weight excluding hydrogens is 412 g/mol. The van der Waals surface area contributed by atoms with Gasteiger partial charge in [0.15, 0.2) is 9.84 Å². The van der Waals surface area contributed by atoms with Crippen molar-refractivity contribution in [3.8, 4) is 0 Å². The fourth-order valence-corrected chi connectivity index (χ4v) is 5.81. The van der Waals surface area contributed by atoms with Gasteiger partial charge in [-0.3, -0.25) is 4.79 Å². The van der Waals surface area contributed by atoms with Crippen LogP contribution in [0.3, 0.4) is 0 Å². The molecule has 2 heterocycles. The monoisotopic (exact) mass is 435 g/mol. The second kappa shape index (κ2) is 8.41. The Morgan fingerprint density at radius 3 is 2.27 bits per heavy atom. The zero-order chi connectivity index (χ0) is 21.3.